The Bertz CT molecular complexity index is 833. The molecule has 2 aromatic heterocycles. The smallest absolute Gasteiger partial charge is 0.247 e. The standard InChI is InChI=1S/C15H12Br2N2O2/c1-8(2)19-13(11(17)7-18-19)14(20)12-6-9-4-3-5-10(16)15(9)21-12/h3-8H,1-2H3. The highest BCUT2D eigenvalue weighted by atomic mass is 79.9. The van der Waals surface area contributed by atoms with Gasteiger partial charge in [-0.05, 0) is 57.8 Å². The van der Waals surface area contributed by atoms with Crippen LogP contribution in [0.15, 0.2) is 43.8 Å². The normalized spacial score (nSPS) is 11.5. The second-order valence-corrected chi connectivity index (χ2v) is 6.69. The molecule has 0 fully saturated rings. The van der Waals surface area contributed by atoms with E-state index in [0.717, 1.165) is 9.86 Å². The van der Waals surface area contributed by atoms with Gasteiger partial charge in [0, 0.05) is 11.4 Å². The van der Waals surface area contributed by atoms with E-state index in [1.807, 2.05) is 32.0 Å². The first-order chi connectivity index (χ1) is 9.99. The van der Waals surface area contributed by atoms with Crippen LogP contribution in [0.5, 0.6) is 0 Å². The molecule has 4 nitrogen and oxygen atoms in total. The molecule has 0 bridgehead atoms. The number of carbonyl (C=O) groups is 1. The van der Waals surface area contributed by atoms with Crippen molar-refractivity contribution < 1.29 is 9.21 Å². The summed E-state index contributed by atoms with van der Waals surface area (Å²) in [5.41, 5.74) is 1.17. The number of benzene rings is 1. The van der Waals surface area contributed by atoms with Gasteiger partial charge in [-0.15, -0.1) is 0 Å². The molecule has 21 heavy (non-hydrogen) atoms. The van der Waals surface area contributed by atoms with Gasteiger partial charge in [0.25, 0.3) is 0 Å². The lowest BCUT2D eigenvalue weighted by atomic mass is 10.2. The van der Waals surface area contributed by atoms with Crippen LogP contribution in [0.4, 0.5) is 0 Å². The number of furan rings is 1. The number of fused-ring (bicyclic) bond motifs is 1. The zero-order valence-electron chi connectivity index (χ0n) is 11.4. The van der Waals surface area contributed by atoms with Crippen LogP contribution in [0.3, 0.4) is 0 Å². The minimum Gasteiger partial charge on any atom is -0.451 e. The van der Waals surface area contributed by atoms with Crippen LogP contribution in [0.2, 0.25) is 0 Å². The Morgan fingerprint density at radius 3 is 2.71 bits per heavy atom. The molecule has 0 aliphatic heterocycles. The van der Waals surface area contributed by atoms with E-state index in [1.165, 1.54) is 0 Å². The van der Waals surface area contributed by atoms with Gasteiger partial charge in [-0.1, -0.05) is 12.1 Å². The summed E-state index contributed by atoms with van der Waals surface area (Å²) in [5.74, 6) is 0.121. The number of aromatic nitrogens is 2. The Morgan fingerprint density at radius 1 is 1.29 bits per heavy atom. The minimum absolute atomic E-state index is 0.0892. The number of para-hydroxylation sites is 1. The van der Waals surface area contributed by atoms with Crippen LogP contribution >= 0.6 is 31.9 Å². The number of rotatable bonds is 3. The molecule has 3 rings (SSSR count). The van der Waals surface area contributed by atoms with Gasteiger partial charge in [-0.3, -0.25) is 9.48 Å². The van der Waals surface area contributed by atoms with Crippen molar-refractivity contribution in [3.05, 3.63) is 50.9 Å². The summed E-state index contributed by atoms with van der Waals surface area (Å²) in [6, 6.07) is 7.55. The first-order valence-corrected chi connectivity index (χ1v) is 8.03. The van der Waals surface area contributed by atoms with Gasteiger partial charge in [0.05, 0.1) is 15.1 Å². The molecule has 0 amide bonds. The summed E-state index contributed by atoms with van der Waals surface area (Å²) in [7, 11) is 0. The van der Waals surface area contributed by atoms with Crippen molar-refractivity contribution in [1.29, 1.82) is 0 Å². The molecule has 0 atom stereocenters. The third-order valence-corrected chi connectivity index (χ3v) is 4.38. The first-order valence-electron chi connectivity index (χ1n) is 6.45. The first kappa shape index (κ1) is 14.5. The monoisotopic (exact) mass is 410 g/mol. The largest absolute Gasteiger partial charge is 0.451 e. The molecule has 0 aliphatic rings. The van der Waals surface area contributed by atoms with E-state index in [9.17, 15) is 4.79 Å². The molecule has 0 unspecified atom stereocenters. The Morgan fingerprint density at radius 2 is 2.05 bits per heavy atom. The van der Waals surface area contributed by atoms with Crippen molar-refractivity contribution >= 4 is 48.6 Å². The fraction of sp³-hybridized carbons (Fsp3) is 0.200. The summed E-state index contributed by atoms with van der Waals surface area (Å²) in [4.78, 5) is 12.7. The molecule has 6 heteroatoms. The molecule has 0 saturated heterocycles. The number of carbonyl (C=O) groups excluding carboxylic acids is 1. The lowest BCUT2D eigenvalue weighted by Gasteiger charge is -2.09. The maximum atomic E-state index is 12.7. The van der Waals surface area contributed by atoms with E-state index < -0.39 is 0 Å². The van der Waals surface area contributed by atoms with Crippen LogP contribution < -0.4 is 0 Å². The second kappa shape index (κ2) is 5.42. The van der Waals surface area contributed by atoms with Gasteiger partial charge in [-0.25, -0.2) is 0 Å². The quantitative estimate of drug-likeness (QED) is 0.572. The van der Waals surface area contributed by atoms with E-state index in [1.54, 1.807) is 16.9 Å². The Hall–Kier alpha value is -1.40. The summed E-state index contributed by atoms with van der Waals surface area (Å²) in [6.07, 6.45) is 1.63. The number of halogens is 2. The highest BCUT2D eigenvalue weighted by molar-refractivity contribution is 9.11. The summed E-state index contributed by atoms with van der Waals surface area (Å²) in [5, 5.41) is 5.12. The molecule has 2 heterocycles. The average Bonchev–Trinajstić information content (AvgIpc) is 3.02. The zero-order valence-corrected chi connectivity index (χ0v) is 14.6. The van der Waals surface area contributed by atoms with Crippen LogP contribution in [-0.4, -0.2) is 15.6 Å². The van der Waals surface area contributed by atoms with Gasteiger partial charge in [-0.2, -0.15) is 5.10 Å². The molecule has 0 radical (unpaired) electrons. The molecule has 0 aliphatic carbocycles. The topological polar surface area (TPSA) is 48.0 Å². The molecule has 1 aromatic carbocycles. The Kier molecular flexibility index (Phi) is 3.75. The van der Waals surface area contributed by atoms with E-state index in [4.69, 9.17) is 4.42 Å². The molecular formula is C15H12Br2N2O2. The maximum absolute atomic E-state index is 12.7. The van der Waals surface area contributed by atoms with Gasteiger partial charge < -0.3 is 4.42 Å². The van der Waals surface area contributed by atoms with Gasteiger partial charge >= 0.3 is 0 Å². The van der Waals surface area contributed by atoms with Crippen molar-refractivity contribution in [1.82, 2.24) is 9.78 Å². The van der Waals surface area contributed by atoms with E-state index in [2.05, 4.69) is 37.0 Å². The van der Waals surface area contributed by atoms with Crippen molar-refractivity contribution in [2.75, 3.05) is 0 Å². The third-order valence-electron chi connectivity index (χ3n) is 3.17. The number of nitrogens with zero attached hydrogens (tertiary/aromatic N) is 2. The van der Waals surface area contributed by atoms with Crippen molar-refractivity contribution in [3.8, 4) is 0 Å². The number of ketones is 1. The fourth-order valence-electron chi connectivity index (χ4n) is 2.20. The number of hydrogen-bond donors (Lipinski definition) is 0. The predicted molar refractivity (Wildman–Crippen MR) is 87.7 cm³/mol. The fourth-order valence-corrected chi connectivity index (χ4v) is 3.12. The Labute approximate surface area is 138 Å². The van der Waals surface area contributed by atoms with Crippen molar-refractivity contribution in [2.45, 2.75) is 19.9 Å². The highest BCUT2D eigenvalue weighted by Gasteiger charge is 2.23. The molecule has 108 valence electrons. The second-order valence-electron chi connectivity index (χ2n) is 4.98. The summed E-state index contributed by atoms with van der Waals surface area (Å²) >= 11 is 6.81. The SMILES string of the molecule is CC(C)n1ncc(Br)c1C(=O)c1cc2cccc(Br)c2o1. The highest BCUT2D eigenvalue weighted by Crippen LogP contribution is 2.30. The number of hydrogen-bond acceptors (Lipinski definition) is 3. The lowest BCUT2D eigenvalue weighted by molar-refractivity contribution is 0.0998. The van der Waals surface area contributed by atoms with Crippen LogP contribution in [0, 0.1) is 0 Å². The molecular weight excluding hydrogens is 400 g/mol. The zero-order chi connectivity index (χ0) is 15.1. The maximum Gasteiger partial charge on any atom is 0.247 e. The summed E-state index contributed by atoms with van der Waals surface area (Å²) in [6.45, 7) is 3.96. The predicted octanol–water partition coefficient (Wildman–Crippen LogP) is 4.97. The van der Waals surface area contributed by atoms with Crippen LogP contribution in [0.25, 0.3) is 11.0 Å². The van der Waals surface area contributed by atoms with E-state index in [0.29, 0.717) is 21.5 Å². The van der Waals surface area contributed by atoms with Gasteiger partial charge in [0.2, 0.25) is 5.78 Å². The van der Waals surface area contributed by atoms with Crippen molar-refractivity contribution in [2.24, 2.45) is 0 Å². The van der Waals surface area contributed by atoms with Crippen molar-refractivity contribution in [3.63, 3.8) is 0 Å². The van der Waals surface area contributed by atoms with Crippen LogP contribution in [0.1, 0.15) is 36.1 Å². The molecule has 0 saturated carbocycles. The average molecular weight is 412 g/mol. The molecule has 0 spiro atoms. The lowest BCUT2D eigenvalue weighted by Crippen LogP contribution is -2.13. The van der Waals surface area contributed by atoms with E-state index in [-0.39, 0.29) is 11.8 Å². The van der Waals surface area contributed by atoms with Gasteiger partial charge in [0.15, 0.2) is 5.76 Å². The van der Waals surface area contributed by atoms with Crippen LogP contribution in [-0.2, 0) is 0 Å². The Balaban J connectivity index is 2.13. The molecule has 0 N–H and O–H groups in total. The van der Waals surface area contributed by atoms with Gasteiger partial charge in [0.1, 0.15) is 11.3 Å². The minimum atomic E-state index is -0.184. The van der Waals surface area contributed by atoms with E-state index >= 15 is 0 Å². The summed E-state index contributed by atoms with van der Waals surface area (Å²) < 4.78 is 8.90. The third kappa shape index (κ3) is 2.46. The molecule has 3 aromatic rings.